The van der Waals surface area contributed by atoms with Gasteiger partial charge >= 0.3 is 6.03 Å². The Morgan fingerprint density at radius 2 is 2.10 bits per heavy atom. The van der Waals surface area contributed by atoms with Crippen molar-refractivity contribution >= 4 is 6.03 Å². The molecular weight excluding hydrogens is 260 g/mol. The molecule has 20 heavy (non-hydrogen) atoms. The van der Waals surface area contributed by atoms with Crippen LogP contribution in [0.3, 0.4) is 0 Å². The number of nitrogens with one attached hydrogen (secondary N) is 2. The Morgan fingerprint density at radius 3 is 2.65 bits per heavy atom. The molecule has 0 fully saturated rings. The number of hydrogen-bond acceptors (Lipinski definition) is 5. The average molecular weight is 284 g/mol. The summed E-state index contributed by atoms with van der Waals surface area (Å²) in [7, 11) is 0. The summed E-state index contributed by atoms with van der Waals surface area (Å²) in [5, 5.41) is 18.5. The molecule has 0 saturated heterocycles. The van der Waals surface area contributed by atoms with Crippen LogP contribution in [-0.4, -0.2) is 33.9 Å². The van der Waals surface area contributed by atoms with Crippen molar-refractivity contribution in [2.45, 2.75) is 58.6 Å². The molecule has 1 rings (SSSR count). The number of aromatic nitrogens is 2. The lowest BCUT2D eigenvalue weighted by Gasteiger charge is -2.10. The van der Waals surface area contributed by atoms with Gasteiger partial charge in [-0.05, 0) is 12.8 Å². The third-order valence-corrected chi connectivity index (χ3v) is 2.75. The van der Waals surface area contributed by atoms with Crippen LogP contribution in [0, 0.1) is 0 Å². The van der Waals surface area contributed by atoms with Gasteiger partial charge in [0.25, 0.3) is 0 Å². The summed E-state index contributed by atoms with van der Waals surface area (Å²) in [6.07, 6.45) is 0.851. The van der Waals surface area contributed by atoms with Gasteiger partial charge in [0.2, 0.25) is 5.89 Å². The van der Waals surface area contributed by atoms with Crippen molar-refractivity contribution in [1.82, 2.24) is 20.8 Å². The molecule has 7 nitrogen and oxygen atoms in total. The van der Waals surface area contributed by atoms with E-state index in [0.29, 0.717) is 31.1 Å². The number of aliphatic hydroxyl groups is 1. The molecular formula is C13H24N4O3. The lowest BCUT2D eigenvalue weighted by molar-refractivity contribution is 0.160. The largest absolute Gasteiger partial charge is 0.393 e. The van der Waals surface area contributed by atoms with Gasteiger partial charge in [-0.15, -0.1) is 0 Å². The number of carbonyl (C=O) groups is 1. The number of amides is 2. The van der Waals surface area contributed by atoms with E-state index in [1.165, 1.54) is 0 Å². The van der Waals surface area contributed by atoms with E-state index >= 15 is 0 Å². The molecule has 114 valence electrons. The third kappa shape index (κ3) is 5.56. The number of hydrogen-bond donors (Lipinski definition) is 3. The fourth-order valence-electron chi connectivity index (χ4n) is 1.41. The Bertz CT molecular complexity index is 425. The van der Waals surface area contributed by atoms with Crippen LogP contribution in [0.4, 0.5) is 4.79 Å². The first kappa shape index (κ1) is 16.4. The second kappa shape index (κ2) is 7.23. The van der Waals surface area contributed by atoms with Gasteiger partial charge in [0, 0.05) is 12.0 Å². The summed E-state index contributed by atoms with van der Waals surface area (Å²) in [5.41, 5.74) is -0.205. The standard InChI is InChI=1S/C13H24N4O3/c1-5-9(18)6-7-14-12(19)15-8-10-16-11(20-17-10)13(2,3)4/h9,18H,5-8H2,1-4H3,(H2,14,15,19). The molecule has 7 heteroatoms. The van der Waals surface area contributed by atoms with Crippen LogP contribution in [0.1, 0.15) is 52.3 Å². The third-order valence-electron chi connectivity index (χ3n) is 2.75. The van der Waals surface area contributed by atoms with Crippen LogP contribution in [0.15, 0.2) is 4.52 Å². The summed E-state index contributed by atoms with van der Waals surface area (Å²) in [6, 6.07) is -0.310. The Balaban J connectivity index is 2.29. The maximum absolute atomic E-state index is 11.5. The highest BCUT2D eigenvalue weighted by atomic mass is 16.5. The summed E-state index contributed by atoms with van der Waals surface area (Å²) in [5.74, 6) is 0.986. The van der Waals surface area contributed by atoms with Gasteiger partial charge in [0.15, 0.2) is 5.82 Å². The van der Waals surface area contributed by atoms with E-state index in [1.807, 2.05) is 27.7 Å². The molecule has 1 atom stereocenters. The molecule has 0 aliphatic carbocycles. The summed E-state index contributed by atoms with van der Waals surface area (Å²) < 4.78 is 5.12. The first-order valence-corrected chi connectivity index (χ1v) is 6.85. The minimum atomic E-state index is -0.373. The molecule has 0 radical (unpaired) electrons. The molecule has 1 aromatic rings. The summed E-state index contributed by atoms with van der Waals surface area (Å²) in [6.45, 7) is 8.46. The predicted octanol–water partition coefficient (Wildman–Crippen LogP) is 1.33. The van der Waals surface area contributed by atoms with Crippen molar-refractivity contribution in [3.8, 4) is 0 Å². The number of urea groups is 1. The molecule has 0 spiro atoms. The fourth-order valence-corrected chi connectivity index (χ4v) is 1.41. The minimum absolute atomic E-state index is 0.205. The number of aliphatic hydroxyl groups excluding tert-OH is 1. The summed E-state index contributed by atoms with van der Waals surface area (Å²) >= 11 is 0. The highest BCUT2D eigenvalue weighted by Crippen LogP contribution is 2.19. The van der Waals surface area contributed by atoms with Crippen LogP contribution in [-0.2, 0) is 12.0 Å². The SMILES string of the molecule is CCC(O)CCNC(=O)NCc1noc(C(C)(C)C)n1. The van der Waals surface area contributed by atoms with Crippen molar-refractivity contribution in [3.05, 3.63) is 11.7 Å². The first-order valence-electron chi connectivity index (χ1n) is 6.85. The van der Waals surface area contributed by atoms with Gasteiger partial charge in [-0.1, -0.05) is 32.9 Å². The maximum Gasteiger partial charge on any atom is 0.315 e. The van der Waals surface area contributed by atoms with E-state index in [-0.39, 0.29) is 24.1 Å². The predicted molar refractivity (Wildman–Crippen MR) is 74.2 cm³/mol. The quantitative estimate of drug-likeness (QED) is 0.731. The van der Waals surface area contributed by atoms with Crippen LogP contribution >= 0.6 is 0 Å². The van der Waals surface area contributed by atoms with E-state index in [1.54, 1.807) is 0 Å². The van der Waals surface area contributed by atoms with Gasteiger partial charge in [0.05, 0.1) is 12.6 Å². The van der Waals surface area contributed by atoms with Gasteiger partial charge in [-0.25, -0.2) is 4.79 Å². The van der Waals surface area contributed by atoms with Crippen LogP contribution < -0.4 is 10.6 Å². The average Bonchev–Trinajstić information content (AvgIpc) is 2.84. The lowest BCUT2D eigenvalue weighted by Crippen LogP contribution is -2.36. The van der Waals surface area contributed by atoms with Gasteiger partial charge < -0.3 is 20.3 Å². The zero-order chi connectivity index (χ0) is 15.2. The van der Waals surface area contributed by atoms with E-state index in [9.17, 15) is 9.90 Å². The second-order valence-electron chi connectivity index (χ2n) is 5.73. The molecule has 1 heterocycles. The van der Waals surface area contributed by atoms with Crippen molar-refractivity contribution in [2.75, 3.05) is 6.54 Å². The Labute approximate surface area is 119 Å². The molecule has 2 amide bonds. The molecule has 0 bridgehead atoms. The van der Waals surface area contributed by atoms with Crippen molar-refractivity contribution in [3.63, 3.8) is 0 Å². The fraction of sp³-hybridized carbons (Fsp3) is 0.769. The van der Waals surface area contributed by atoms with Crippen LogP contribution in [0.25, 0.3) is 0 Å². The number of nitrogens with zero attached hydrogens (tertiary/aromatic N) is 2. The Morgan fingerprint density at radius 1 is 1.40 bits per heavy atom. The van der Waals surface area contributed by atoms with Crippen molar-refractivity contribution in [1.29, 1.82) is 0 Å². The van der Waals surface area contributed by atoms with Gasteiger partial charge in [0.1, 0.15) is 0 Å². The van der Waals surface area contributed by atoms with E-state index in [0.717, 1.165) is 0 Å². The van der Waals surface area contributed by atoms with Crippen molar-refractivity contribution < 1.29 is 14.4 Å². The molecule has 0 saturated carbocycles. The molecule has 0 aromatic carbocycles. The molecule has 0 aliphatic rings. The highest BCUT2D eigenvalue weighted by Gasteiger charge is 2.21. The normalized spacial score (nSPS) is 13.1. The highest BCUT2D eigenvalue weighted by molar-refractivity contribution is 5.73. The lowest BCUT2D eigenvalue weighted by atomic mass is 9.97. The van der Waals surface area contributed by atoms with E-state index in [2.05, 4.69) is 20.8 Å². The van der Waals surface area contributed by atoms with Crippen molar-refractivity contribution in [2.24, 2.45) is 0 Å². The van der Waals surface area contributed by atoms with Gasteiger partial charge in [-0.3, -0.25) is 0 Å². The first-order chi connectivity index (χ1) is 9.32. The Kier molecular flexibility index (Phi) is 5.94. The molecule has 1 unspecified atom stereocenters. The Hall–Kier alpha value is -1.63. The minimum Gasteiger partial charge on any atom is -0.393 e. The maximum atomic E-state index is 11.5. The van der Waals surface area contributed by atoms with Crippen LogP contribution in [0.2, 0.25) is 0 Å². The second-order valence-corrected chi connectivity index (χ2v) is 5.73. The molecule has 0 aliphatic heterocycles. The topological polar surface area (TPSA) is 100 Å². The zero-order valence-corrected chi connectivity index (χ0v) is 12.6. The van der Waals surface area contributed by atoms with Crippen LogP contribution in [0.5, 0.6) is 0 Å². The zero-order valence-electron chi connectivity index (χ0n) is 12.6. The number of carbonyl (C=O) groups excluding carboxylic acids is 1. The van der Waals surface area contributed by atoms with Gasteiger partial charge in [-0.2, -0.15) is 4.98 Å². The molecule has 1 aromatic heterocycles. The monoisotopic (exact) mass is 284 g/mol. The smallest absolute Gasteiger partial charge is 0.315 e. The summed E-state index contributed by atoms with van der Waals surface area (Å²) in [4.78, 5) is 15.7. The van der Waals surface area contributed by atoms with E-state index < -0.39 is 0 Å². The number of rotatable bonds is 6. The molecule has 3 N–H and O–H groups in total. The van der Waals surface area contributed by atoms with E-state index in [4.69, 9.17) is 4.52 Å².